The lowest BCUT2D eigenvalue weighted by Gasteiger charge is -2.28. The van der Waals surface area contributed by atoms with Gasteiger partial charge in [0.05, 0.1) is 13.2 Å². The van der Waals surface area contributed by atoms with E-state index in [0.29, 0.717) is 61.4 Å². The Hall–Kier alpha value is -3.79. The number of aromatic nitrogens is 4. The summed E-state index contributed by atoms with van der Waals surface area (Å²) in [5.41, 5.74) is 9.88. The summed E-state index contributed by atoms with van der Waals surface area (Å²) in [6, 6.07) is 7.83. The number of aliphatic imine (C=N–C) groups is 1. The topological polar surface area (TPSA) is 115 Å². The zero-order valence-electron chi connectivity index (χ0n) is 20.9. The molecule has 0 atom stereocenters. The van der Waals surface area contributed by atoms with Gasteiger partial charge in [-0.15, -0.1) is 0 Å². The first-order valence-corrected chi connectivity index (χ1v) is 12.5. The number of amides is 1. The van der Waals surface area contributed by atoms with E-state index in [0.717, 1.165) is 42.9 Å². The lowest BCUT2D eigenvalue weighted by molar-refractivity contribution is 0.0776. The Bertz CT molecular complexity index is 1320. The number of nitrogens with two attached hydrogens (primary N) is 1. The highest BCUT2D eigenvalue weighted by atomic mass is 16.5. The van der Waals surface area contributed by atoms with Crippen molar-refractivity contribution in [3.8, 4) is 11.4 Å². The Labute approximate surface area is 210 Å². The molecular weight excluding hydrogens is 456 g/mol. The summed E-state index contributed by atoms with van der Waals surface area (Å²) < 4.78 is 7.49. The predicted molar refractivity (Wildman–Crippen MR) is 141 cm³/mol. The number of likely N-dealkylation sites (tertiary alicyclic amines) is 1. The third kappa shape index (κ3) is 4.56. The van der Waals surface area contributed by atoms with Crippen molar-refractivity contribution in [3.63, 3.8) is 0 Å². The number of hydrogen-bond donors (Lipinski definition) is 1. The van der Waals surface area contributed by atoms with Crippen LogP contribution < -0.4 is 10.6 Å². The smallest absolute Gasteiger partial charge is 0.289 e. The van der Waals surface area contributed by atoms with E-state index >= 15 is 0 Å². The van der Waals surface area contributed by atoms with Crippen LogP contribution in [0.25, 0.3) is 28.2 Å². The summed E-state index contributed by atoms with van der Waals surface area (Å²) in [4.78, 5) is 36.2. The quantitative estimate of drug-likeness (QED) is 0.530. The van der Waals surface area contributed by atoms with Gasteiger partial charge in [0.2, 0.25) is 5.82 Å². The van der Waals surface area contributed by atoms with Crippen LogP contribution in [0.3, 0.4) is 0 Å². The van der Waals surface area contributed by atoms with E-state index in [9.17, 15) is 4.79 Å². The van der Waals surface area contributed by atoms with E-state index in [-0.39, 0.29) is 5.91 Å². The molecule has 0 bridgehead atoms. The number of aryl methyl sites for hydroxylation is 1. The normalized spacial score (nSPS) is 17.0. The van der Waals surface area contributed by atoms with Crippen molar-refractivity contribution < 1.29 is 9.53 Å². The third-order valence-corrected chi connectivity index (χ3v) is 6.64. The number of carbonyl (C=O) groups is 1. The Kier molecular flexibility index (Phi) is 6.95. The largest absolute Gasteiger partial charge is 0.398 e. The van der Waals surface area contributed by atoms with Crippen molar-refractivity contribution in [2.24, 2.45) is 10.7 Å². The van der Waals surface area contributed by atoms with E-state index in [1.54, 1.807) is 19.3 Å². The minimum absolute atomic E-state index is 0.0423. The lowest BCUT2D eigenvalue weighted by atomic mass is 10.1. The van der Waals surface area contributed by atoms with E-state index < -0.39 is 0 Å². The van der Waals surface area contributed by atoms with Gasteiger partial charge < -0.3 is 24.8 Å². The van der Waals surface area contributed by atoms with Crippen molar-refractivity contribution in [2.75, 3.05) is 51.3 Å². The van der Waals surface area contributed by atoms with E-state index in [2.05, 4.69) is 9.89 Å². The Balaban J connectivity index is 1.66. The van der Waals surface area contributed by atoms with E-state index in [1.807, 2.05) is 40.7 Å². The molecule has 2 aromatic heterocycles. The van der Waals surface area contributed by atoms with Gasteiger partial charge in [0, 0.05) is 57.2 Å². The summed E-state index contributed by atoms with van der Waals surface area (Å²) >= 11 is 0. The van der Waals surface area contributed by atoms with Crippen molar-refractivity contribution in [1.29, 1.82) is 0 Å². The average Bonchev–Trinajstić information content (AvgIpc) is 3.59. The maximum Gasteiger partial charge on any atom is 0.289 e. The van der Waals surface area contributed by atoms with Gasteiger partial charge in [0.25, 0.3) is 5.91 Å². The lowest BCUT2D eigenvalue weighted by Crippen LogP contribution is -2.37. The van der Waals surface area contributed by atoms with Crippen LogP contribution in [-0.2, 0) is 11.3 Å². The van der Waals surface area contributed by atoms with Gasteiger partial charge in [-0.05, 0) is 37.5 Å². The van der Waals surface area contributed by atoms with Crippen LogP contribution in [-0.4, -0.2) is 83.0 Å². The number of rotatable bonds is 6. The molecule has 1 amide bonds. The number of allylic oxidation sites excluding steroid dienone is 1. The molecule has 36 heavy (non-hydrogen) atoms. The first-order valence-electron chi connectivity index (χ1n) is 12.5. The summed E-state index contributed by atoms with van der Waals surface area (Å²) in [5, 5.41) is 0. The first kappa shape index (κ1) is 23.9. The molecule has 10 heteroatoms. The number of fused-ring (bicyclic) bond motifs is 1. The van der Waals surface area contributed by atoms with Gasteiger partial charge in [0.1, 0.15) is 0 Å². The fourth-order valence-electron chi connectivity index (χ4n) is 4.72. The van der Waals surface area contributed by atoms with Crippen molar-refractivity contribution in [2.45, 2.75) is 26.3 Å². The number of anilines is 1. The van der Waals surface area contributed by atoms with Crippen molar-refractivity contribution >= 4 is 34.8 Å². The van der Waals surface area contributed by atoms with Crippen LogP contribution in [0.1, 0.15) is 35.9 Å². The van der Waals surface area contributed by atoms with Crippen LogP contribution in [0.2, 0.25) is 0 Å². The molecule has 3 aromatic rings. The third-order valence-electron chi connectivity index (χ3n) is 6.64. The molecule has 4 heterocycles. The average molecular weight is 489 g/mol. The number of ether oxygens (including phenoxy) is 1. The summed E-state index contributed by atoms with van der Waals surface area (Å²) in [5.74, 6) is 1.68. The molecule has 5 rings (SSSR count). The van der Waals surface area contributed by atoms with Gasteiger partial charge in [0.15, 0.2) is 22.8 Å². The molecule has 0 spiro atoms. The number of morpholine rings is 1. The molecule has 1 aromatic carbocycles. The predicted octanol–water partition coefficient (Wildman–Crippen LogP) is 2.59. The molecule has 2 saturated heterocycles. The second-order valence-electron chi connectivity index (χ2n) is 8.93. The van der Waals surface area contributed by atoms with Gasteiger partial charge in [-0.1, -0.05) is 18.2 Å². The summed E-state index contributed by atoms with van der Waals surface area (Å²) in [6.45, 7) is 6.76. The second-order valence-corrected chi connectivity index (χ2v) is 8.93. The SMILES string of the molecule is CCn1c(C(=O)N2CCCC2)nc2c(N3CCOCC3)nc(-c3cccc(C(N)=CC=NC)c3)nc21. The highest BCUT2D eigenvalue weighted by Crippen LogP contribution is 2.30. The highest BCUT2D eigenvalue weighted by molar-refractivity contribution is 5.97. The van der Waals surface area contributed by atoms with Crippen molar-refractivity contribution in [3.05, 3.63) is 41.7 Å². The zero-order valence-corrected chi connectivity index (χ0v) is 20.9. The molecule has 0 radical (unpaired) electrons. The van der Waals surface area contributed by atoms with Gasteiger partial charge in [-0.2, -0.15) is 0 Å². The zero-order chi connectivity index (χ0) is 25.1. The minimum Gasteiger partial charge on any atom is -0.398 e. The van der Waals surface area contributed by atoms with E-state index in [1.165, 1.54) is 0 Å². The van der Waals surface area contributed by atoms with Crippen LogP contribution in [0, 0.1) is 0 Å². The molecule has 0 unspecified atom stereocenters. The second kappa shape index (κ2) is 10.4. The molecular formula is C26H32N8O2. The first-order chi connectivity index (χ1) is 17.6. The Morgan fingerprint density at radius 2 is 1.92 bits per heavy atom. The number of benzene rings is 1. The van der Waals surface area contributed by atoms with Gasteiger partial charge in [-0.25, -0.2) is 15.0 Å². The fraction of sp³-hybridized carbons (Fsp3) is 0.423. The molecule has 188 valence electrons. The minimum atomic E-state index is -0.0423. The van der Waals surface area contributed by atoms with Gasteiger partial charge in [-0.3, -0.25) is 9.79 Å². The molecule has 0 saturated carbocycles. The number of nitrogens with zero attached hydrogens (tertiary/aromatic N) is 7. The monoisotopic (exact) mass is 488 g/mol. The van der Waals surface area contributed by atoms with Crippen LogP contribution in [0.5, 0.6) is 0 Å². The molecule has 2 N–H and O–H groups in total. The number of carbonyl (C=O) groups excluding carboxylic acids is 1. The highest BCUT2D eigenvalue weighted by Gasteiger charge is 2.29. The Morgan fingerprint density at radius 1 is 1.14 bits per heavy atom. The summed E-state index contributed by atoms with van der Waals surface area (Å²) in [7, 11) is 1.70. The van der Waals surface area contributed by atoms with Crippen molar-refractivity contribution in [1.82, 2.24) is 24.4 Å². The fourth-order valence-corrected chi connectivity index (χ4v) is 4.72. The van der Waals surface area contributed by atoms with Gasteiger partial charge >= 0.3 is 0 Å². The molecule has 2 aliphatic heterocycles. The molecule has 0 aliphatic carbocycles. The van der Waals surface area contributed by atoms with Crippen LogP contribution >= 0.6 is 0 Å². The summed E-state index contributed by atoms with van der Waals surface area (Å²) in [6.07, 6.45) is 5.49. The Morgan fingerprint density at radius 3 is 2.64 bits per heavy atom. The molecule has 2 aliphatic rings. The number of imidazole rings is 1. The maximum absolute atomic E-state index is 13.4. The van der Waals surface area contributed by atoms with Crippen LogP contribution in [0.15, 0.2) is 35.3 Å². The number of hydrogen-bond acceptors (Lipinski definition) is 8. The van der Waals surface area contributed by atoms with E-state index in [4.69, 9.17) is 25.4 Å². The standard InChI is InChI=1S/C26H32N8O2/c1-3-34-24-21(29-25(34)26(35)33-11-4-5-12-33)23(32-13-15-36-16-14-32)30-22(31-24)19-8-6-7-18(17-19)20(27)9-10-28-2/h6-10,17H,3-5,11-16,27H2,1-2H3. The molecule has 2 fully saturated rings. The van der Waals surface area contributed by atoms with Crippen LogP contribution in [0.4, 0.5) is 5.82 Å². The molecule has 10 nitrogen and oxygen atoms in total. The maximum atomic E-state index is 13.4.